The van der Waals surface area contributed by atoms with Gasteiger partial charge in [-0.05, 0) is 0 Å². The van der Waals surface area contributed by atoms with Crippen molar-refractivity contribution in [2.24, 2.45) is 0 Å². The first-order valence-electron chi connectivity index (χ1n) is 3.56. The van der Waals surface area contributed by atoms with Crippen LogP contribution in [0.5, 0.6) is 0 Å². The normalized spacial score (nSPS) is 10.5. The number of aromatic nitrogens is 2. The van der Waals surface area contributed by atoms with Gasteiger partial charge in [0.05, 0.1) is 0 Å². The van der Waals surface area contributed by atoms with Gasteiger partial charge in [-0.25, -0.2) is 0 Å². The summed E-state index contributed by atoms with van der Waals surface area (Å²) in [4.78, 5) is 15.7. The van der Waals surface area contributed by atoms with E-state index < -0.39 is 0 Å². The van der Waals surface area contributed by atoms with E-state index in [1.807, 2.05) is 24.3 Å². The molecule has 0 aliphatic carbocycles. The van der Waals surface area contributed by atoms with Crippen molar-refractivity contribution in [2.45, 2.75) is 0 Å². The molecule has 4 heteroatoms. The minimum atomic E-state index is 0.0870. The summed E-state index contributed by atoms with van der Waals surface area (Å²) in [5.74, 6) is 0. The zero-order chi connectivity index (χ0) is 8.55. The molecular weight excluding hydrogens is 341 g/mol. The number of hydrogen-bond donors (Lipinski definition) is 0. The molecule has 0 saturated heterocycles. The molecule has 0 saturated carbocycles. The van der Waals surface area contributed by atoms with Gasteiger partial charge in [0.1, 0.15) is 0 Å². The number of nitrogens with zero attached hydrogens (tertiary/aromatic N) is 2. The zero-order valence-corrected chi connectivity index (χ0v) is 11.9. The molecule has 1 aromatic heterocycles. The van der Waals surface area contributed by atoms with Crippen LogP contribution < -0.4 is 5.56 Å². The second-order valence-corrected chi connectivity index (χ2v) is 5.19. The van der Waals surface area contributed by atoms with Gasteiger partial charge in [-0.15, -0.1) is 0 Å². The van der Waals surface area contributed by atoms with Gasteiger partial charge in [0.15, 0.2) is 0 Å². The molecule has 1 heterocycles. The average molecular weight is 346 g/mol. The maximum atomic E-state index is 11.5. The van der Waals surface area contributed by atoms with Crippen molar-refractivity contribution in [3.8, 4) is 0 Å². The maximum absolute atomic E-state index is 11.5. The Morgan fingerprint density at radius 2 is 2.08 bits per heavy atom. The first-order chi connectivity index (χ1) is 5.79. The van der Waals surface area contributed by atoms with Crippen LogP contribution in [0.4, 0.5) is 0 Å². The van der Waals surface area contributed by atoms with E-state index in [-0.39, 0.29) is 32.0 Å². The van der Waals surface area contributed by atoms with Crippen molar-refractivity contribution in [3.05, 3.63) is 40.9 Å². The topological polar surface area (TPSA) is 34.9 Å². The van der Waals surface area contributed by atoms with Gasteiger partial charge in [0.2, 0.25) is 0 Å². The Balaban J connectivity index is 3.01. The summed E-state index contributed by atoms with van der Waals surface area (Å²) in [5.41, 5.74) is 0.869. The summed E-state index contributed by atoms with van der Waals surface area (Å²) in [6, 6.07) is 7.41. The van der Waals surface area contributed by atoms with E-state index in [9.17, 15) is 4.79 Å². The van der Waals surface area contributed by atoms with Gasteiger partial charge in [0.25, 0.3) is 0 Å². The van der Waals surface area contributed by atoms with E-state index in [1.54, 1.807) is 8.66 Å². The Morgan fingerprint density at radius 3 is 2.92 bits per heavy atom. The molecule has 0 aliphatic rings. The van der Waals surface area contributed by atoms with E-state index in [0.717, 1.165) is 10.9 Å². The summed E-state index contributed by atoms with van der Waals surface area (Å²) in [6.07, 6.45) is 1.62. The molecule has 12 heavy (non-hydrogen) atoms. The van der Waals surface area contributed by atoms with Crippen LogP contribution in [0.25, 0.3) is 10.9 Å². The molecule has 55 valence electrons. The minimum absolute atomic E-state index is 0.0870. The third-order valence-electron chi connectivity index (χ3n) is 1.73. The van der Waals surface area contributed by atoms with Gasteiger partial charge in [-0.3, -0.25) is 0 Å². The van der Waals surface area contributed by atoms with Crippen LogP contribution in [0.3, 0.4) is 0 Å². The Labute approximate surface area is 85.4 Å². The van der Waals surface area contributed by atoms with Gasteiger partial charge < -0.3 is 0 Å². The zero-order valence-electron chi connectivity index (χ0n) is 6.40. The number of para-hydroxylation sites is 1. The van der Waals surface area contributed by atoms with Crippen molar-refractivity contribution in [2.75, 3.05) is 0 Å². The second-order valence-electron chi connectivity index (χ2n) is 2.54. The van der Waals surface area contributed by atoms with Gasteiger partial charge in [0, 0.05) is 0 Å². The average Bonchev–Trinajstić information content (AvgIpc) is 2.12. The molecule has 3 nitrogen and oxygen atoms in total. The first-order valence-corrected chi connectivity index (χ1v) is 6.02. The molecule has 1 aromatic carbocycles. The summed E-state index contributed by atoms with van der Waals surface area (Å²) in [7, 11) is 0. The Hall–Kier alpha value is -0.705. The summed E-state index contributed by atoms with van der Waals surface area (Å²) >= 11 is 0.284. The van der Waals surface area contributed by atoms with E-state index >= 15 is 0 Å². The molecule has 0 unspecified atom stereocenters. The quantitative estimate of drug-likeness (QED) is 0.659. The Kier molecular flexibility index (Phi) is 1.96. The molecule has 0 amide bonds. The fourth-order valence-corrected chi connectivity index (χ4v) is 2.09. The Bertz CT molecular complexity index is 478. The van der Waals surface area contributed by atoms with Gasteiger partial charge in [-0.2, -0.15) is 0 Å². The van der Waals surface area contributed by atoms with Gasteiger partial charge in [-0.1, -0.05) is 0 Å². The SMILES string of the molecule is O=c1c2ccccc2nc[n]1[Hg]. The standard InChI is InChI=1S/C8H6N2O.Hg/c11-8-6-3-1-2-4-7(6)9-5-10-8;/h1-5H,(H,9,10,11);/q;+1/p-1. The molecule has 0 N–H and O–H groups in total. The third kappa shape index (κ3) is 1.18. The van der Waals surface area contributed by atoms with Crippen molar-refractivity contribution in [1.82, 2.24) is 7.32 Å². The molecule has 0 aliphatic heterocycles. The molecule has 2 rings (SSSR count). The van der Waals surface area contributed by atoms with Crippen molar-refractivity contribution < 1.29 is 26.4 Å². The molecular formula is C8H5HgN2O. The van der Waals surface area contributed by atoms with Crippen LogP contribution in [0.15, 0.2) is 35.4 Å². The predicted octanol–water partition coefficient (Wildman–Crippen LogP) is 0.706. The van der Waals surface area contributed by atoms with Crippen LogP contribution in [-0.4, -0.2) is 7.32 Å². The summed E-state index contributed by atoms with van der Waals surface area (Å²) in [6.45, 7) is 0. The summed E-state index contributed by atoms with van der Waals surface area (Å²) in [5, 5.41) is 0.718. The molecule has 2 aromatic rings. The van der Waals surface area contributed by atoms with E-state index in [0.29, 0.717) is 0 Å². The van der Waals surface area contributed by atoms with Crippen molar-refractivity contribution in [1.29, 1.82) is 0 Å². The monoisotopic (exact) mass is 347 g/mol. The third-order valence-corrected chi connectivity index (χ3v) is 3.48. The summed E-state index contributed by atoms with van der Waals surface area (Å²) < 4.78 is 1.67. The van der Waals surface area contributed by atoms with Crippen LogP contribution in [0, 0.1) is 0 Å². The van der Waals surface area contributed by atoms with Gasteiger partial charge >= 0.3 is 85.6 Å². The number of rotatable bonds is 0. The van der Waals surface area contributed by atoms with Crippen molar-refractivity contribution in [3.63, 3.8) is 0 Å². The van der Waals surface area contributed by atoms with E-state index in [4.69, 9.17) is 0 Å². The van der Waals surface area contributed by atoms with E-state index in [1.165, 1.54) is 0 Å². The van der Waals surface area contributed by atoms with Crippen LogP contribution in [-0.2, 0) is 26.4 Å². The number of fused-ring (bicyclic) bond motifs is 1. The fourth-order valence-electron chi connectivity index (χ4n) is 1.11. The van der Waals surface area contributed by atoms with Crippen LogP contribution in [0.1, 0.15) is 0 Å². The Morgan fingerprint density at radius 1 is 1.33 bits per heavy atom. The molecule has 0 radical (unpaired) electrons. The van der Waals surface area contributed by atoms with Crippen LogP contribution in [0.2, 0.25) is 0 Å². The van der Waals surface area contributed by atoms with Crippen molar-refractivity contribution >= 4 is 10.9 Å². The predicted molar refractivity (Wildman–Crippen MR) is 41.4 cm³/mol. The molecule has 0 atom stereocenters. The second kappa shape index (κ2) is 2.97. The number of benzene rings is 1. The van der Waals surface area contributed by atoms with Crippen LogP contribution >= 0.6 is 0 Å². The van der Waals surface area contributed by atoms with E-state index in [2.05, 4.69) is 4.98 Å². The molecule has 0 spiro atoms. The fraction of sp³-hybridized carbons (Fsp3) is 0. The molecule has 0 bridgehead atoms. The number of hydrogen-bond acceptors (Lipinski definition) is 2. The first kappa shape index (κ1) is 7.92. The molecule has 0 fully saturated rings.